The van der Waals surface area contributed by atoms with Crippen LogP contribution in [-0.2, 0) is 9.59 Å². The Labute approximate surface area is 137 Å². The van der Waals surface area contributed by atoms with Crippen molar-refractivity contribution in [3.8, 4) is 0 Å². The highest BCUT2D eigenvalue weighted by Gasteiger charge is 2.23. The van der Waals surface area contributed by atoms with Crippen molar-refractivity contribution in [1.29, 1.82) is 0 Å². The van der Waals surface area contributed by atoms with Gasteiger partial charge in [-0.3, -0.25) is 9.59 Å². The van der Waals surface area contributed by atoms with Crippen molar-refractivity contribution in [3.63, 3.8) is 0 Å². The summed E-state index contributed by atoms with van der Waals surface area (Å²) in [5.74, 6) is 1.21. The lowest BCUT2D eigenvalue weighted by molar-refractivity contribution is -0.131. The molecule has 0 spiro atoms. The van der Waals surface area contributed by atoms with Gasteiger partial charge in [0, 0.05) is 38.8 Å². The van der Waals surface area contributed by atoms with E-state index in [0.29, 0.717) is 11.5 Å². The molecule has 0 radical (unpaired) electrons. The number of amides is 2. The van der Waals surface area contributed by atoms with Gasteiger partial charge in [0.2, 0.25) is 11.8 Å². The Hall–Kier alpha value is -0.460. The second-order valence-corrected chi connectivity index (χ2v) is 6.56. The van der Waals surface area contributed by atoms with E-state index in [2.05, 4.69) is 12.2 Å². The number of thioether (sulfide) groups is 1. The molecule has 1 atom stereocenters. The van der Waals surface area contributed by atoms with Crippen molar-refractivity contribution >= 4 is 36.0 Å². The smallest absolute Gasteiger partial charge is 0.232 e. The fraction of sp³-hybridized carbons (Fsp3) is 0.857. The molecule has 7 heteroatoms. The molecule has 122 valence electrons. The largest absolute Gasteiger partial charge is 0.342 e. The maximum atomic E-state index is 12.1. The second kappa shape index (κ2) is 9.54. The zero-order valence-corrected chi connectivity index (χ0v) is 14.3. The quantitative estimate of drug-likeness (QED) is 0.832. The maximum Gasteiger partial charge on any atom is 0.232 e. The molecule has 0 saturated carbocycles. The number of hydrogen-bond acceptors (Lipinski definition) is 4. The summed E-state index contributed by atoms with van der Waals surface area (Å²) >= 11 is 1.46. The number of piperazine rings is 1. The minimum Gasteiger partial charge on any atom is -0.342 e. The molecule has 5 nitrogen and oxygen atoms in total. The third-order valence-electron chi connectivity index (χ3n) is 3.98. The molecule has 0 aliphatic carbocycles. The van der Waals surface area contributed by atoms with Gasteiger partial charge in [-0.2, -0.15) is 0 Å². The van der Waals surface area contributed by atoms with E-state index in [0.717, 1.165) is 45.6 Å². The van der Waals surface area contributed by atoms with E-state index >= 15 is 0 Å². The van der Waals surface area contributed by atoms with Crippen LogP contribution < -0.4 is 5.32 Å². The molecule has 2 aliphatic heterocycles. The number of nitrogens with one attached hydrogen (secondary N) is 1. The summed E-state index contributed by atoms with van der Waals surface area (Å²) in [6.07, 6.45) is 3.47. The van der Waals surface area contributed by atoms with E-state index in [-0.39, 0.29) is 30.3 Å². The number of likely N-dealkylation sites (tertiary alicyclic amines) is 1. The van der Waals surface area contributed by atoms with Gasteiger partial charge in [-0.15, -0.1) is 24.2 Å². The second-order valence-electron chi connectivity index (χ2n) is 5.57. The highest BCUT2D eigenvalue weighted by molar-refractivity contribution is 8.00. The molecular weight excluding hydrogens is 310 g/mol. The van der Waals surface area contributed by atoms with Crippen molar-refractivity contribution in [3.05, 3.63) is 0 Å². The van der Waals surface area contributed by atoms with Gasteiger partial charge in [-0.25, -0.2) is 0 Å². The molecule has 0 aromatic heterocycles. The number of carbonyl (C=O) groups is 2. The number of rotatable bonds is 4. The van der Waals surface area contributed by atoms with E-state index in [1.807, 2.05) is 9.80 Å². The topological polar surface area (TPSA) is 52.7 Å². The van der Waals surface area contributed by atoms with Crippen molar-refractivity contribution in [2.24, 2.45) is 0 Å². The molecule has 2 aliphatic rings. The number of piperidine rings is 1. The first-order chi connectivity index (χ1) is 9.68. The van der Waals surface area contributed by atoms with Gasteiger partial charge in [0.1, 0.15) is 0 Å². The zero-order valence-electron chi connectivity index (χ0n) is 12.7. The highest BCUT2D eigenvalue weighted by Crippen LogP contribution is 2.12. The number of nitrogens with zero attached hydrogens (tertiary/aromatic N) is 2. The van der Waals surface area contributed by atoms with Crippen LogP contribution in [0, 0.1) is 0 Å². The van der Waals surface area contributed by atoms with E-state index in [4.69, 9.17) is 0 Å². The molecule has 1 unspecified atom stereocenters. The van der Waals surface area contributed by atoms with Crippen LogP contribution >= 0.6 is 24.2 Å². The van der Waals surface area contributed by atoms with Gasteiger partial charge in [0.05, 0.1) is 11.5 Å². The molecule has 2 saturated heterocycles. The van der Waals surface area contributed by atoms with Crippen LogP contribution in [0.15, 0.2) is 0 Å². The van der Waals surface area contributed by atoms with E-state index in [1.165, 1.54) is 18.2 Å². The third kappa shape index (κ3) is 5.68. The van der Waals surface area contributed by atoms with Gasteiger partial charge in [0.15, 0.2) is 0 Å². The third-order valence-corrected chi connectivity index (χ3v) is 4.88. The molecule has 21 heavy (non-hydrogen) atoms. The normalized spacial score (nSPS) is 22.6. The van der Waals surface area contributed by atoms with Crippen molar-refractivity contribution in [2.45, 2.75) is 32.2 Å². The molecule has 2 heterocycles. The summed E-state index contributed by atoms with van der Waals surface area (Å²) in [5.41, 5.74) is 0. The Morgan fingerprint density at radius 2 is 1.76 bits per heavy atom. The Balaban J connectivity index is 0.00000220. The first kappa shape index (κ1) is 18.6. The Morgan fingerprint density at radius 1 is 1.10 bits per heavy atom. The first-order valence-electron chi connectivity index (χ1n) is 7.54. The van der Waals surface area contributed by atoms with E-state index < -0.39 is 0 Å². The van der Waals surface area contributed by atoms with E-state index in [1.54, 1.807) is 0 Å². The Bertz CT molecular complexity index is 351. The summed E-state index contributed by atoms with van der Waals surface area (Å²) in [6, 6.07) is 0.259. The highest BCUT2D eigenvalue weighted by atomic mass is 35.5. The van der Waals surface area contributed by atoms with Crippen LogP contribution in [0.1, 0.15) is 26.2 Å². The minimum absolute atomic E-state index is 0. The van der Waals surface area contributed by atoms with Crippen molar-refractivity contribution in [1.82, 2.24) is 15.1 Å². The standard InChI is InChI=1S/C14H25N3O2S.ClH/c1-12-9-15-5-8-17(12)14(19)11-20-10-13(18)16-6-3-2-4-7-16;/h12,15H,2-11H2,1H3;1H. The Kier molecular flexibility index (Phi) is 8.44. The van der Waals surface area contributed by atoms with Crippen LogP contribution in [-0.4, -0.2) is 71.9 Å². The van der Waals surface area contributed by atoms with Crippen molar-refractivity contribution < 1.29 is 9.59 Å². The molecule has 2 amide bonds. The monoisotopic (exact) mass is 335 g/mol. The first-order valence-corrected chi connectivity index (χ1v) is 8.69. The van der Waals surface area contributed by atoms with Gasteiger partial charge < -0.3 is 15.1 Å². The van der Waals surface area contributed by atoms with E-state index in [9.17, 15) is 9.59 Å². The lowest BCUT2D eigenvalue weighted by atomic mass is 10.1. The predicted molar refractivity (Wildman–Crippen MR) is 89.0 cm³/mol. The van der Waals surface area contributed by atoms with Crippen LogP contribution in [0.25, 0.3) is 0 Å². The predicted octanol–water partition coefficient (Wildman–Crippen LogP) is 0.974. The molecule has 2 rings (SSSR count). The fourth-order valence-electron chi connectivity index (χ4n) is 2.75. The Morgan fingerprint density at radius 3 is 2.43 bits per heavy atom. The molecule has 0 bridgehead atoms. The number of halogens is 1. The maximum absolute atomic E-state index is 12.1. The summed E-state index contributed by atoms with van der Waals surface area (Å²) in [6.45, 7) is 6.36. The molecular formula is C14H26ClN3O2S. The van der Waals surface area contributed by atoms with Crippen LogP contribution in [0.2, 0.25) is 0 Å². The molecule has 1 N–H and O–H groups in total. The lowest BCUT2D eigenvalue weighted by Gasteiger charge is -2.34. The summed E-state index contributed by atoms with van der Waals surface area (Å²) < 4.78 is 0. The van der Waals surface area contributed by atoms with Crippen LogP contribution in [0.4, 0.5) is 0 Å². The summed E-state index contributed by atoms with van der Waals surface area (Å²) in [4.78, 5) is 28.0. The fourth-order valence-corrected chi connectivity index (χ4v) is 3.55. The number of carbonyl (C=O) groups excluding carboxylic acids is 2. The minimum atomic E-state index is 0. The average molecular weight is 336 g/mol. The average Bonchev–Trinajstić information content (AvgIpc) is 2.48. The van der Waals surface area contributed by atoms with Gasteiger partial charge in [-0.05, 0) is 26.2 Å². The van der Waals surface area contributed by atoms with Gasteiger partial charge in [-0.1, -0.05) is 0 Å². The molecule has 0 aromatic carbocycles. The lowest BCUT2D eigenvalue weighted by Crippen LogP contribution is -2.52. The van der Waals surface area contributed by atoms with Crippen LogP contribution in [0.5, 0.6) is 0 Å². The SMILES string of the molecule is CC1CNCCN1C(=O)CSCC(=O)N1CCCCC1.Cl. The number of hydrogen-bond donors (Lipinski definition) is 1. The summed E-state index contributed by atoms with van der Waals surface area (Å²) in [7, 11) is 0. The molecule has 2 fully saturated rings. The zero-order chi connectivity index (χ0) is 14.4. The van der Waals surface area contributed by atoms with Crippen molar-refractivity contribution in [2.75, 3.05) is 44.2 Å². The van der Waals surface area contributed by atoms with Crippen LogP contribution in [0.3, 0.4) is 0 Å². The summed E-state index contributed by atoms with van der Waals surface area (Å²) in [5, 5.41) is 3.28. The van der Waals surface area contributed by atoms with Gasteiger partial charge >= 0.3 is 0 Å². The molecule has 0 aromatic rings. The van der Waals surface area contributed by atoms with Gasteiger partial charge in [0.25, 0.3) is 0 Å².